The van der Waals surface area contributed by atoms with Crippen molar-refractivity contribution in [1.29, 1.82) is 0 Å². The molecule has 1 rings (SSSR count). The van der Waals surface area contributed by atoms with Crippen LogP contribution in [0.4, 0.5) is 8.78 Å². The van der Waals surface area contributed by atoms with Crippen LogP contribution in [0, 0.1) is 7.27 Å². The lowest BCUT2D eigenvalue weighted by atomic mass is 10.4. The second-order valence-corrected chi connectivity index (χ2v) is 4.52. The summed E-state index contributed by atoms with van der Waals surface area (Å²) in [7, 11) is 0. The van der Waals surface area contributed by atoms with Gasteiger partial charge in [0.05, 0.1) is 8.59 Å². The smallest absolute Gasteiger partial charge is 0.240 e. The van der Waals surface area contributed by atoms with Crippen molar-refractivity contribution < 1.29 is 8.78 Å². The molecule has 1 aromatic rings. The van der Waals surface area contributed by atoms with Crippen molar-refractivity contribution in [1.82, 2.24) is 4.98 Å². The van der Waals surface area contributed by atoms with Crippen LogP contribution in [0.2, 0.25) is 5.02 Å². The fraction of sp³-hybridized carbons (Fsp3) is 0.167. The molecule has 0 bridgehead atoms. The van der Waals surface area contributed by atoms with E-state index >= 15 is 0 Å². The van der Waals surface area contributed by atoms with E-state index < -0.39 is 6.43 Å². The first-order chi connectivity index (χ1) is 5.52. The molecule has 0 radical (unpaired) electrons. The van der Waals surface area contributed by atoms with E-state index in [2.05, 4.69) is 4.98 Å². The standard InChI is InChI=1S/C6H2ClF2I2N/c7-2-1-3(10)12-5(4(2)11)6(8)9/h1,6H. The number of nitrogens with zero attached hydrogens (tertiary/aromatic N) is 1. The van der Waals surface area contributed by atoms with E-state index in [1.54, 1.807) is 28.7 Å². The van der Waals surface area contributed by atoms with Gasteiger partial charge in [0, 0.05) is 0 Å². The Morgan fingerprint density at radius 3 is 2.50 bits per heavy atom. The van der Waals surface area contributed by atoms with Crippen LogP contribution in [0.25, 0.3) is 0 Å². The first-order valence-electron chi connectivity index (χ1n) is 2.82. The molecular weight excluding hydrogens is 413 g/mol. The van der Waals surface area contributed by atoms with Gasteiger partial charge in [0.2, 0.25) is 0 Å². The van der Waals surface area contributed by atoms with Gasteiger partial charge in [-0.3, -0.25) is 0 Å². The zero-order chi connectivity index (χ0) is 9.30. The zero-order valence-electron chi connectivity index (χ0n) is 5.49. The van der Waals surface area contributed by atoms with E-state index in [1.807, 2.05) is 22.6 Å². The Balaban J connectivity index is 3.28. The summed E-state index contributed by atoms with van der Waals surface area (Å²) < 4.78 is 25.3. The maximum absolute atomic E-state index is 12.3. The molecule has 0 unspecified atom stereocenters. The summed E-state index contributed by atoms with van der Waals surface area (Å²) in [6.45, 7) is 0. The number of hydrogen-bond donors (Lipinski definition) is 0. The minimum absolute atomic E-state index is 0.243. The van der Waals surface area contributed by atoms with E-state index in [0.29, 0.717) is 12.3 Å². The molecule has 0 atom stereocenters. The molecule has 6 heteroatoms. The van der Waals surface area contributed by atoms with E-state index in [-0.39, 0.29) is 5.69 Å². The second kappa shape index (κ2) is 4.32. The number of hydrogen-bond acceptors (Lipinski definition) is 1. The van der Waals surface area contributed by atoms with Gasteiger partial charge in [0.25, 0.3) is 6.43 Å². The van der Waals surface area contributed by atoms with E-state index in [9.17, 15) is 8.78 Å². The van der Waals surface area contributed by atoms with E-state index in [0.717, 1.165) is 0 Å². The number of rotatable bonds is 1. The molecule has 0 spiro atoms. The van der Waals surface area contributed by atoms with Crippen molar-refractivity contribution in [2.45, 2.75) is 6.43 Å². The van der Waals surface area contributed by atoms with Crippen molar-refractivity contribution >= 4 is 56.8 Å². The third kappa shape index (κ3) is 2.38. The molecule has 0 aliphatic carbocycles. The monoisotopic (exact) mass is 415 g/mol. The minimum atomic E-state index is -2.57. The molecule has 66 valence electrons. The Labute approximate surface area is 100 Å². The highest BCUT2D eigenvalue weighted by Crippen LogP contribution is 2.28. The van der Waals surface area contributed by atoms with Crippen LogP contribution in [0.5, 0.6) is 0 Å². The van der Waals surface area contributed by atoms with Crippen molar-refractivity contribution in [3.8, 4) is 0 Å². The number of alkyl halides is 2. The minimum Gasteiger partial charge on any atom is -0.240 e. The van der Waals surface area contributed by atoms with Crippen LogP contribution >= 0.6 is 56.8 Å². The van der Waals surface area contributed by atoms with Gasteiger partial charge in [-0.2, -0.15) is 0 Å². The summed E-state index contributed by atoms with van der Waals surface area (Å²) in [5, 5.41) is 0.324. The Hall–Kier alpha value is 0.760. The lowest BCUT2D eigenvalue weighted by Gasteiger charge is -2.04. The third-order valence-corrected chi connectivity index (χ3v) is 3.42. The summed E-state index contributed by atoms with van der Waals surface area (Å²) in [4.78, 5) is 3.68. The van der Waals surface area contributed by atoms with Gasteiger partial charge in [-0.05, 0) is 51.2 Å². The predicted octanol–water partition coefficient (Wildman–Crippen LogP) is 3.88. The van der Waals surface area contributed by atoms with Gasteiger partial charge < -0.3 is 0 Å². The van der Waals surface area contributed by atoms with Gasteiger partial charge >= 0.3 is 0 Å². The quantitative estimate of drug-likeness (QED) is 0.501. The number of aromatic nitrogens is 1. The molecule has 12 heavy (non-hydrogen) atoms. The van der Waals surface area contributed by atoms with Crippen LogP contribution in [0.1, 0.15) is 12.1 Å². The van der Waals surface area contributed by atoms with E-state index in [1.165, 1.54) is 0 Å². The van der Waals surface area contributed by atoms with Gasteiger partial charge in [0.15, 0.2) is 0 Å². The first kappa shape index (κ1) is 10.8. The SMILES string of the molecule is FC(F)c1nc(I)cc(Cl)c1I. The fourth-order valence-electron chi connectivity index (χ4n) is 0.631. The molecule has 0 aromatic carbocycles. The molecule has 0 saturated carbocycles. The number of pyridine rings is 1. The van der Waals surface area contributed by atoms with Crippen LogP contribution in [0.3, 0.4) is 0 Å². The highest BCUT2D eigenvalue weighted by Gasteiger charge is 2.16. The third-order valence-electron chi connectivity index (χ3n) is 1.11. The maximum atomic E-state index is 12.3. The molecular formula is C6H2ClF2I2N. The van der Waals surface area contributed by atoms with Crippen molar-refractivity contribution in [2.75, 3.05) is 0 Å². The molecule has 0 saturated heterocycles. The maximum Gasteiger partial charge on any atom is 0.281 e. The molecule has 1 nitrogen and oxygen atoms in total. The van der Waals surface area contributed by atoms with Gasteiger partial charge in [-0.15, -0.1) is 0 Å². The summed E-state index contributed by atoms with van der Waals surface area (Å²) in [6.07, 6.45) is -2.57. The van der Waals surface area contributed by atoms with Crippen molar-refractivity contribution in [3.63, 3.8) is 0 Å². The number of halogens is 5. The van der Waals surface area contributed by atoms with Crippen LogP contribution in [-0.2, 0) is 0 Å². The Morgan fingerprint density at radius 2 is 2.00 bits per heavy atom. The molecule has 1 aromatic heterocycles. The molecule has 0 fully saturated rings. The Kier molecular flexibility index (Phi) is 3.90. The molecule has 0 N–H and O–H groups in total. The normalized spacial score (nSPS) is 10.8. The highest BCUT2D eigenvalue weighted by molar-refractivity contribution is 14.1. The van der Waals surface area contributed by atoms with Crippen molar-refractivity contribution in [3.05, 3.63) is 24.1 Å². The lowest BCUT2D eigenvalue weighted by molar-refractivity contribution is 0.145. The molecule has 0 aliphatic heterocycles. The van der Waals surface area contributed by atoms with Gasteiger partial charge in [-0.25, -0.2) is 13.8 Å². The molecule has 1 heterocycles. The van der Waals surface area contributed by atoms with Crippen LogP contribution in [-0.4, -0.2) is 4.98 Å². The van der Waals surface area contributed by atoms with E-state index in [4.69, 9.17) is 11.6 Å². The summed E-state index contributed by atoms with van der Waals surface area (Å²) in [5.41, 5.74) is -0.243. The Bertz CT molecular complexity index is 306. The largest absolute Gasteiger partial charge is 0.281 e. The van der Waals surface area contributed by atoms with Crippen LogP contribution < -0.4 is 0 Å². The highest BCUT2D eigenvalue weighted by atomic mass is 127. The average Bonchev–Trinajstić information content (AvgIpc) is 1.96. The molecule has 0 aliphatic rings. The topological polar surface area (TPSA) is 12.9 Å². The lowest BCUT2D eigenvalue weighted by Crippen LogP contribution is -1.97. The summed E-state index contributed by atoms with van der Waals surface area (Å²) in [6, 6.07) is 1.55. The fourth-order valence-corrected chi connectivity index (χ4v) is 2.10. The Morgan fingerprint density at radius 1 is 1.42 bits per heavy atom. The van der Waals surface area contributed by atoms with Crippen molar-refractivity contribution in [2.24, 2.45) is 0 Å². The van der Waals surface area contributed by atoms with Gasteiger partial charge in [0.1, 0.15) is 9.39 Å². The van der Waals surface area contributed by atoms with Gasteiger partial charge in [-0.1, -0.05) is 11.6 Å². The first-order valence-corrected chi connectivity index (χ1v) is 5.35. The summed E-state index contributed by atoms with van der Waals surface area (Å²) in [5.74, 6) is 0. The average molecular weight is 415 g/mol. The second-order valence-electron chi connectivity index (χ2n) is 1.93. The summed E-state index contributed by atoms with van der Waals surface area (Å²) >= 11 is 9.29. The zero-order valence-corrected chi connectivity index (χ0v) is 10.6. The molecule has 0 amide bonds. The van der Waals surface area contributed by atoms with Crippen LogP contribution in [0.15, 0.2) is 6.07 Å². The predicted molar refractivity (Wildman–Crippen MR) is 59.6 cm³/mol.